The number of piperidine rings is 1. The van der Waals surface area contributed by atoms with Gasteiger partial charge >= 0.3 is 0 Å². The van der Waals surface area contributed by atoms with E-state index >= 15 is 0 Å². The standard InChI is InChI=1S/C18H17ClN4O3S/c19-15-3-5-16(6-4-15)27(24,25)23-10-7-13(8-11-23)18-21-17(22-26-18)14-2-1-9-20-12-14/h1-6,9,12-13H,7-8,10-11H2. The zero-order valence-electron chi connectivity index (χ0n) is 14.3. The highest BCUT2D eigenvalue weighted by molar-refractivity contribution is 7.89. The topological polar surface area (TPSA) is 89.2 Å². The van der Waals surface area contributed by atoms with Crippen molar-refractivity contribution in [2.45, 2.75) is 23.7 Å². The van der Waals surface area contributed by atoms with E-state index in [9.17, 15) is 8.42 Å². The first-order valence-corrected chi connectivity index (χ1v) is 10.4. The monoisotopic (exact) mass is 404 g/mol. The van der Waals surface area contributed by atoms with Gasteiger partial charge in [-0.15, -0.1) is 0 Å². The predicted molar refractivity (Wildman–Crippen MR) is 99.7 cm³/mol. The molecule has 0 aliphatic carbocycles. The summed E-state index contributed by atoms with van der Waals surface area (Å²) in [6.07, 6.45) is 4.61. The molecule has 4 rings (SSSR count). The smallest absolute Gasteiger partial charge is 0.243 e. The van der Waals surface area contributed by atoms with Crippen LogP contribution >= 0.6 is 11.6 Å². The molecule has 9 heteroatoms. The van der Waals surface area contributed by atoms with Gasteiger partial charge in [-0.25, -0.2) is 8.42 Å². The molecule has 0 unspecified atom stereocenters. The van der Waals surface area contributed by atoms with Crippen LogP contribution < -0.4 is 0 Å². The molecule has 1 aliphatic rings. The SMILES string of the molecule is O=S(=O)(c1ccc(Cl)cc1)N1CCC(c2nc(-c3cccnc3)no2)CC1. The Hall–Kier alpha value is -2.29. The number of aromatic nitrogens is 3. The molecule has 3 heterocycles. The third-order valence-corrected chi connectivity index (χ3v) is 6.78. The van der Waals surface area contributed by atoms with E-state index in [-0.39, 0.29) is 10.8 Å². The Labute approximate surface area is 162 Å². The Morgan fingerprint density at radius 2 is 1.85 bits per heavy atom. The minimum Gasteiger partial charge on any atom is -0.339 e. The van der Waals surface area contributed by atoms with Crippen LogP contribution in [0.5, 0.6) is 0 Å². The van der Waals surface area contributed by atoms with Crippen LogP contribution in [0.1, 0.15) is 24.7 Å². The summed E-state index contributed by atoms with van der Waals surface area (Å²) in [5.41, 5.74) is 0.787. The molecular weight excluding hydrogens is 388 g/mol. The van der Waals surface area contributed by atoms with Crippen LogP contribution in [0, 0.1) is 0 Å². The first-order valence-electron chi connectivity index (χ1n) is 8.54. The van der Waals surface area contributed by atoms with Crippen molar-refractivity contribution in [3.63, 3.8) is 0 Å². The van der Waals surface area contributed by atoms with Crippen molar-refractivity contribution in [1.29, 1.82) is 0 Å². The van der Waals surface area contributed by atoms with Gasteiger partial charge in [0.05, 0.1) is 4.90 Å². The molecule has 0 spiro atoms. The first-order chi connectivity index (χ1) is 13.0. The maximum absolute atomic E-state index is 12.8. The average Bonchev–Trinajstić information content (AvgIpc) is 3.19. The number of hydrogen-bond donors (Lipinski definition) is 0. The molecule has 2 aromatic heterocycles. The summed E-state index contributed by atoms with van der Waals surface area (Å²) in [4.78, 5) is 8.76. The van der Waals surface area contributed by atoms with Crippen molar-refractivity contribution in [3.05, 3.63) is 59.7 Å². The van der Waals surface area contributed by atoms with E-state index < -0.39 is 10.0 Å². The van der Waals surface area contributed by atoms with Gasteiger partial charge in [-0.05, 0) is 49.2 Å². The molecule has 0 radical (unpaired) electrons. The minimum atomic E-state index is -3.52. The first kappa shape index (κ1) is 18.1. The Balaban J connectivity index is 1.45. The fourth-order valence-electron chi connectivity index (χ4n) is 3.11. The van der Waals surface area contributed by atoms with Gasteiger partial charge in [0.1, 0.15) is 0 Å². The molecule has 140 valence electrons. The second-order valence-electron chi connectivity index (χ2n) is 6.33. The lowest BCUT2D eigenvalue weighted by atomic mass is 9.98. The summed E-state index contributed by atoms with van der Waals surface area (Å²) in [5.74, 6) is 1.08. The van der Waals surface area contributed by atoms with Gasteiger partial charge < -0.3 is 4.52 Å². The molecule has 0 bridgehead atoms. The normalized spacial score (nSPS) is 16.5. The quantitative estimate of drug-likeness (QED) is 0.662. The van der Waals surface area contributed by atoms with Crippen LogP contribution in [0.3, 0.4) is 0 Å². The summed E-state index contributed by atoms with van der Waals surface area (Å²) in [7, 11) is -3.52. The summed E-state index contributed by atoms with van der Waals surface area (Å²) in [6, 6.07) is 9.90. The van der Waals surface area contributed by atoms with Crippen LogP contribution in [-0.2, 0) is 10.0 Å². The summed E-state index contributed by atoms with van der Waals surface area (Å²) in [6.45, 7) is 0.806. The van der Waals surface area contributed by atoms with Crippen molar-refractivity contribution in [2.75, 3.05) is 13.1 Å². The Bertz CT molecular complexity index is 1010. The Kier molecular flexibility index (Phi) is 4.94. The largest absolute Gasteiger partial charge is 0.339 e. The Morgan fingerprint density at radius 1 is 1.11 bits per heavy atom. The van der Waals surface area contributed by atoms with Crippen molar-refractivity contribution in [3.8, 4) is 11.4 Å². The molecule has 0 amide bonds. The zero-order valence-corrected chi connectivity index (χ0v) is 15.9. The highest BCUT2D eigenvalue weighted by atomic mass is 35.5. The van der Waals surface area contributed by atoms with Crippen molar-refractivity contribution in [1.82, 2.24) is 19.4 Å². The van der Waals surface area contributed by atoms with Gasteiger partial charge in [-0.1, -0.05) is 16.8 Å². The second kappa shape index (κ2) is 7.38. The zero-order chi connectivity index (χ0) is 18.9. The number of sulfonamides is 1. The van der Waals surface area contributed by atoms with Gasteiger partial charge in [0, 0.05) is 42.0 Å². The van der Waals surface area contributed by atoms with E-state index in [1.54, 1.807) is 24.5 Å². The van der Waals surface area contributed by atoms with E-state index in [1.165, 1.54) is 16.4 Å². The molecular formula is C18H17ClN4O3S. The number of pyridine rings is 1. The number of benzene rings is 1. The van der Waals surface area contributed by atoms with E-state index in [4.69, 9.17) is 16.1 Å². The fourth-order valence-corrected chi connectivity index (χ4v) is 4.71. The lowest BCUT2D eigenvalue weighted by Crippen LogP contribution is -2.37. The van der Waals surface area contributed by atoms with Crippen LogP contribution in [0.15, 0.2) is 58.2 Å². The second-order valence-corrected chi connectivity index (χ2v) is 8.70. The van der Waals surface area contributed by atoms with Crippen molar-refractivity contribution < 1.29 is 12.9 Å². The number of rotatable bonds is 4. The molecule has 3 aromatic rings. The van der Waals surface area contributed by atoms with Crippen LogP contribution in [0.25, 0.3) is 11.4 Å². The lowest BCUT2D eigenvalue weighted by molar-refractivity contribution is 0.271. The third-order valence-electron chi connectivity index (χ3n) is 4.62. The Morgan fingerprint density at radius 3 is 2.52 bits per heavy atom. The van der Waals surface area contributed by atoms with Crippen molar-refractivity contribution in [2.24, 2.45) is 0 Å². The van der Waals surface area contributed by atoms with E-state index in [1.807, 2.05) is 12.1 Å². The van der Waals surface area contributed by atoms with Gasteiger partial charge in [0.2, 0.25) is 21.7 Å². The fraction of sp³-hybridized carbons (Fsp3) is 0.278. The van der Waals surface area contributed by atoms with E-state index in [2.05, 4.69) is 15.1 Å². The number of nitrogens with zero attached hydrogens (tertiary/aromatic N) is 4. The molecule has 0 atom stereocenters. The molecule has 1 aliphatic heterocycles. The number of hydrogen-bond acceptors (Lipinski definition) is 6. The van der Waals surface area contributed by atoms with Crippen LogP contribution in [0.2, 0.25) is 5.02 Å². The average molecular weight is 405 g/mol. The highest BCUT2D eigenvalue weighted by Crippen LogP contribution is 2.31. The van der Waals surface area contributed by atoms with E-state index in [0.717, 1.165) is 5.56 Å². The van der Waals surface area contributed by atoms with Gasteiger partial charge in [-0.2, -0.15) is 9.29 Å². The maximum Gasteiger partial charge on any atom is 0.243 e. The van der Waals surface area contributed by atoms with Crippen LogP contribution in [0.4, 0.5) is 0 Å². The molecule has 7 nitrogen and oxygen atoms in total. The van der Waals surface area contributed by atoms with Gasteiger partial charge in [0.25, 0.3) is 0 Å². The molecule has 27 heavy (non-hydrogen) atoms. The highest BCUT2D eigenvalue weighted by Gasteiger charge is 2.32. The third kappa shape index (κ3) is 3.73. The van der Waals surface area contributed by atoms with Gasteiger partial charge in [0.15, 0.2) is 0 Å². The summed E-state index contributed by atoms with van der Waals surface area (Å²) < 4.78 is 32.4. The van der Waals surface area contributed by atoms with E-state index in [0.29, 0.717) is 42.7 Å². The molecule has 1 aromatic carbocycles. The lowest BCUT2D eigenvalue weighted by Gasteiger charge is -2.29. The molecule has 0 N–H and O–H groups in total. The molecule has 1 saturated heterocycles. The predicted octanol–water partition coefficient (Wildman–Crippen LogP) is 3.35. The van der Waals surface area contributed by atoms with Crippen LogP contribution in [-0.4, -0.2) is 40.9 Å². The van der Waals surface area contributed by atoms with Gasteiger partial charge in [-0.3, -0.25) is 4.98 Å². The summed E-state index contributed by atoms with van der Waals surface area (Å²) in [5, 5.41) is 4.52. The van der Waals surface area contributed by atoms with Crippen molar-refractivity contribution >= 4 is 21.6 Å². The molecule has 0 saturated carbocycles. The maximum atomic E-state index is 12.8. The summed E-state index contributed by atoms with van der Waals surface area (Å²) >= 11 is 5.85. The number of halogens is 1. The minimum absolute atomic E-state index is 0.0413. The molecule has 1 fully saturated rings.